The molecule has 12 heavy (non-hydrogen) atoms. The molecule has 0 saturated carbocycles. The summed E-state index contributed by atoms with van der Waals surface area (Å²) in [5.74, 6) is 3.27. The molecule has 0 aliphatic rings. The van der Waals surface area contributed by atoms with Crippen molar-refractivity contribution in [3.63, 3.8) is 0 Å². The van der Waals surface area contributed by atoms with Gasteiger partial charge in [-0.25, -0.2) is 0 Å². The molecule has 1 nitrogen and oxygen atoms in total. The molecule has 0 aliphatic heterocycles. The summed E-state index contributed by atoms with van der Waals surface area (Å²) < 4.78 is 5.05. The highest BCUT2D eigenvalue weighted by Crippen LogP contribution is 2.13. The Morgan fingerprint density at radius 2 is 2.33 bits per heavy atom. The summed E-state index contributed by atoms with van der Waals surface area (Å²) in [6, 6.07) is 7.71. The highest BCUT2D eigenvalue weighted by molar-refractivity contribution is 5.54. The van der Waals surface area contributed by atoms with Gasteiger partial charge in [0.2, 0.25) is 0 Å². The molecule has 0 N–H and O–H groups in total. The number of allylic oxidation sites excluding steroid dienone is 1. The summed E-state index contributed by atoms with van der Waals surface area (Å²) in [6.45, 7) is 0. The van der Waals surface area contributed by atoms with Crippen LogP contribution in [0.3, 0.4) is 0 Å². The third-order valence-corrected chi connectivity index (χ3v) is 1.47. The Morgan fingerprint density at radius 3 is 3.00 bits per heavy atom. The molecule has 0 radical (unpaired) electrons. The standard InChI is InChI=1S/C11H10O/c1-3-4-6-10-7-5-8-11(9-10)12-2/h1,4-9H,2H3/b6-4+. The van der Waals surface area contributed by atoms with Gasteiger partial charge in [-0.15, -0.1) is 6.42 Å². The molecule has 0 aliphatic carbocycles. The van der Waals surface area contributed by atoms with E-state index in [4.69, 9.17) is 11.2 Å². The monoisotopic (exact) mass is 158 g/mol. The van der Waals surface area contributed by atoms with Crippen molar-refractivity contribution in [3.05, 3.63) is 35.9 Å². The molecule has 1 heteroatoms. The van der Waals surface area contributed by atoms with E-state index in [1.807, 2.05) is 30.3 Å². The molecule has 0 saturated heterocycles. The molecule has 0 bridgehead atoms. The van der Waals surface area contributed by atoms with E-state index in [2.05, 4.69) is 5.92 Å². The maximum Gasteiger partial charge on any atom is 0.119 e. The fourth-order valence-corrected chi connectivity index (χ4v) is 0.890. The van der Waals surface area contributed by atoms with Crippen LogP contribution in [0.5, 0.6) is 5.75 Å². The maximum atomic E-state index is 5.08. The summed E-state index contributed by atoms with van der Waals surface area (Å²) >= 11 is 0. The van der Waals surface area contributed by atoms with Crippen LogP contribution >= 0.6 is 0 Å². The van der Waals surface area contributed by atoms with Crippen LogP contribution in [-0.4, -0.2) is 7.11 Å². The highest BCUT2D eigenvalue weighted by atomic mass is 16.5. The van der Waals surface area contributed by atoms with E-state index < -0.39 is 0 Å². The van der Waals surface area contributed by atoms with E-state index in [1.165, 1.54) is 0 Å². The van der Waals surface area contributed by atoms with Crippen molar-refractivity contribution >= 4 is 6.08 Å². The fraction of sp³-hybridized carbons (Fsp3) is 0.0909. The molecule has 1 aromatic carbocycles. The molecule has 0 aromatic heterocycles. The van der Waals surface area contributed by atoms with Crippen LogP contribution in [0.15, 0.2) is 30.3 Å². The van der Waals surface area contributed by atoms with Crippen LogP contribution in [0.1, 0.15) is 5.56 Å². The first-order valence-electron chi connectivity index (χ1n) is 3.63. The largest absolute Gasteiger partial charge is 0.497 e. The molecule has 1 aromatic rings. The van der Waals surface area contributed by atoms with Crippen molar-refractivity contribution < 1.29 is 4.74 Å². The molecule has 1 rings (SSSR count). The van der Waals surface area contributed by atoms with Gasteiger partial charge in [-0.05, 0) is 29.8 Å². The average molecular weight is 158 g/mol. The number of terminal acetylenes is 1. The third-order valence-electron chi connectivity index (χ3n) is 1.47. The van der Waals surface area contributed by atoms with Gasteiger partial charge in [0, 0.05) is 0 Å². The third kappa shape index (κ3) is 2.17. The SMILES string of the molecule is C#C/C=C/c1cccc(OC)c1. The van der Waals surface area contributed by atoms with E-state index in [0.717, 1.165) is 11.3 Å². The van der Waals surface area contributed by atoms with Crippen LogP contribution in [0.2, 0.25) is 0 Å². The van der Waals surface area contributed by atoms with Crippen molar-refractivity contribution in [1.29, 1.82) is 0 Å². The van der Waals surface area contributed by atoms with Gasteiger partial charge in [0.15, 0.2) is 0 Å². The Balaban J connectivity index is 2.88. The van der Waals surface area contributed by atoms with Gasteiger partial charge in [-0.2, -0.15) is 0 Å². The second-order valence-electron chi connectivity index (χ2n) is 2.28. The van der Waals surface area contributed by atoms with Crippen molar-refractivity contribution in [1.82, 2.24) is 0 Å². The Morgan fingerprint density at radius 1 is 1.50 bits per heavy atom. The predicted molar refractivity (Wildman–Crippen MR) is 50.9 cm³/mol. The lowest BCUT2D eigenvalue weighted by atomic mass is 10.2. The van der Waals surface area contributed by atoms with E-state index >= 15 is 0 Å². The first-order valence-corrected chi connectivity index (χ1v) is 3.63. The summed E-state index contributed by atoms with van der Waals surface area (Å²) in [6.07, 6.45) is 8.60. The lowest BCUT2D eigenvalue weighted by Gasteiger charge is -1.98. The molecule has 0 heterocycles. The van der Waals surface area contributed by atoms with Gasteiger partial charge in [0.25, 0.3) is 0 Å². The molecular formula is C11H10O. The van der Waals surface area contributed by atoms with E-state index in [-0.39, 0.29) is 0 Å². The van der Waals surface area contributed by atoms with E-state index in [9.17, 15) is 0 Å². The number of methoxy groups -OCH3 is 1. The minimum absolute atomic E-state index is 0.842. The molecule has 0 amide bonds. The number of rotatable bonds is 2. The summed E-state index contributed by atoms with van der Waals surface area (Å²) in [4.78, 5) is 0. The topological polar surface area (TPSA) is 9.23 Å². The van der Waals surface area contributed by atoms with Crippen LogP contribution < -0.4 is 4.74 Å². The minimum atomic E-state index is 0.842. The first kappa shape index (κ1) is 8.42. The Kier molecular flexibility index (Phi) is 2.98. The van der Waals surface area contributed by atoms with Crippen LogP contribution in [0.4, 0.5) is 0 Å². The fourth-order valence-electron chi connectivity index (χ4n) is 0.890. The van der Waals surface area contributed by atoms with Gasteiger partial charge in [0.05, 0.1) is 7.11 Å². The molecule has 60 valence electrons. The Hall–Kier alpha value is -1.68. The first-order chi connectivity index (χ1) is 5.86. The Labute approximate surface area is 72.7 Å². The summed E-state index contributed by atoms with van der Waals surface area (Å²) in [5.41, 5.74) is 1.05. The zero-order chi connectivity index (χ0) is 8.81. The minimum Gasteiger partial charge on any atom is -0.497 e. The van der Waals surface area contributed by atoms with E-state index in [1.54, 1.807) is 13.2 Å². The second-order valence-corrected chi connectivity index (χ2v) is 2.28. The van der Waals surface area contributed by atoms with Crippen LogP contribution in [0.25, 0.3) is 6.08 Å². The summed E-state index contributed by atoms with van der Waals surface area (Å²) in [5, 5.41) is 0. The van der Waals surface area contributed by atoms with Gasteiger partial charge < -0.3 is 4.74 Å². The number of ether oxygens (including phenoxy) is 1. The van der Waals surface area contributed by atoms with Crippen molar-refractivity contribution in [2.45, 2.75) is 0 Å². The smallest absolute Gasteiger partial charge is 0.119 e. The van der Waals surface area contributed by atoms with Crippen LogP contribution in [0, 0.1) is 12.3 Å². The Bertz CT molecular complexity index is 318. The molecular weight excluding hydrogens is 148 g/mol. The van der Waals surface area contributed by atoms with Crippen molar-refractivity contribution in [3.8, 4) is 18.1 Å². The van der Waals surface area contributed by atoms with Gasteiger partial charge in [-0.3, -0.25) is 0 Å². The van der Waals surface area contributed by atoms with E-state index in [0.29, 0.717) is 0 Å². The summed E-state index contributed by atoms with van der Waals surface area (Å²) in [7, 11) is 1.64. The highest BCUT2D eigenvalue weighted by Gasteiger charge is 1.89. The maximum absolute atomic E-state index is 5.08. The van der Waals surface area contributed by atoms with Gasteiger partial charge >= 0.3 is 0 Å². The van der Waals surface area contributed by atoms with Gasteiger partial charge in [0.1, 0.15) is 5.75 Å². The lowest BCUT2D eigenvalue weighted by molar-refractivity contribution is 0.414. The zero-order valence-corrected chi connectivity index (χ0v) is 6.95. The van der Waals surface area contributed by atoms with Gasteiger partial charge in [-0.1, -0.05) is 18.1 Å². The quantitative estimate of drug-likeness (QED) is 0.600. The predicted octanol–water partition coefficient (Wildman–Crippen LogP) is 2.34. The van der Waals surface area contributed by atoms with Crippen molar-refractivity contribution in [2.24, 2.45) is 0 Å². The average Bonchev–Trinajstić information content (AvgIpc) is 2.15. The van der Waals surface area contributed by atoms with Crippen molar-refractivity contribution in [2.75, 3.05) is 7.11 Å². The number of hydrogen-bond donors (Lipinski definition) is 0. The van der Waals surface area contributed by atoms with Crippen LogP contribution in [-0.2, 0) is 0 Å². The normalized spacial score (nSPS) is 9.67. The molecule has 0 unspecified atom stereocenters. The second kappa shape index (κ2) is 4.25. The molecule has 0 spiro atoms. The number of benzene rings is 1. The molecule has 0 fully saturated rings. The lowest BCUT2D eigenvalue weighted by Crippen LogP contribution is -1.81. The molecule has 0 atom stereocenters. The zero-order valence-electron chi connectivity index (χ0n) is 6.95. The number of hydrogen-bond acceptors (Lipinski definition) is 1.